The lowest BCUT2D eigenvalue weighted by Gasteiger charge is -1.99. The number of hydrogen-bond acceptors (Lipinski definition) is 3. The van der Waals surface area contributed by atoms with Crippen molar-refractivity contribution in [1.82, 2.24) is 15.1 Å². The molecule has 0 saturated carbocycles. The zero-order chi connectivity index (χ0) is 11.0. The molecule has 0 aliphatic rings. The second kappa shape index (κ2) is 3.34. The molecule has 0 unspecified atom stereocenters. The predicted octanol–water partition coefficient (Wildman–Crippen LogP) is 1.81. The van der Waals surface area contributed by atoms with Crippen molar-refractivity contribution < 1.29 is 0 Å². The number of fused-ring (bicyclic) bond motifs is 1. The van der Waals surface area contributed by atoms with Crippen LogP contribution in [0.1, 0.15) is 0 Å². The van der Waals surface area contributed by atoms with Crippen molar-refractivity contribution in [3.8, 4) is 11.3 Å². The first-order chi connectivity index (χ1) is 7.83. The highest BCUT2D eigenvalue weighted by molar-refractivity contribution is 5.86. The fraction of sp³-hybridized carbons (Fsp3) is 0. The molecule has 0 fully saturated rings. The Labute approximate surface area is 92.3 Å². The summed E-state index contributed by atoms with van der Waals surface area (Å²) in [6.07, 6.45) is 1.70. The summed E-state index contributed by atoms with van der Waals surface area (Å²) in [5.41, 5.74) is 1.81. The summed E-state index contributed by atoms with van der Waals surface area (Å²) in [5.74, 6) is 5.47. The van der Waals surface area contributed by atoms with E-state index in [1.165, 1.54) is 15.6 Å². The van der Waals surface area contributed by atoms with Crippen LogP contribution in [-0.4, -0.2) is 15.1 Å². The normalized spacial score (nSPS) is 10.8. The number of nitrogen functional groups attached to an aromatic ring is 1. The third-order valence-electron chi connectivity index (χ3n) is 2.56. The zero-order valence-corrected chi connectivity index (χ0v) is 8.54. The van der Waals surface area contributed by atoms with Crippen LogP contribution in [0.2, 0.25) is 0 Å². The minimum atomic E-state index is 0.785. The second-order valence-corrected chi connectivity index (χ2v) is 3.65. The van der Waals surface area contributed by atoms with Crippen LogP contribution >= 0.6 is 0 Å². The maximum atomic E-state index is 5.47. The Kier molecular flexibility index (Phi) is 1.86. The average molecular weight is 210 g/mol. The number of rotatable bonds is 1. The van der Waals surface area contributed by atoms with Gasteiger partial charge in [-0.05, 0) is 22.1 Å². The molecule has 78 valence electrons. The van der Waals surface area contributed by atoms with Crippen molar-refractivity contribution in [3.05, 3.63) is 48.7 Å². The molecule has 0 spiro atoms. The minimum absolute atomic E-state index is 0.785. The molecule has 4 heteroatoms. The first-order valence-electron chi connectivity index (χ1n) is 4.99. The molecule has 4 nitrogen and oxygen atoms in total. The van der Waals surface area contributed by atoms with E-state index in [-0.39, 0.29) is 0 Å². The van der Waals surface area contributed by atoms with E-state index >= 15 is 0 Å². The minimum Gasteiger partial charge on any atom is -0.322 e. The van der Waals surface area contributed by atoms with Crippen LogP contribution in [0.3, 0.4) is 0 Å². The van der Waals surface area contributed by atoms with Gasteiger partial charge in [-0.15, -0.1) is 5.10 Å². The largest absolute Gasteiger partial charge is 0.322 e. The molecule has 2 N–H and O–H groups in total. The van der Waals surface area contributed by atoms with E-state index < -0.39 is 0 Å². The van der Waals surface area contributed by atoms with Crippen LogP contribution < -0.4 is 5.84 Å². The van der Waals surface area contributed by atoms with Crippen LogP contribution in [0.4, 0.5) is 0 Å². The van der Waals surface area contributed by atoms with Crippen LogP contribution in [-0.2, 0) is 0 Å². The molecule has 0 aliphatic heterocycles. The fourth-order valence-corrected chi connectivity index (χ4v) is 1.76. The Morgan fingerprint density at radius 1 is 1.00 bits per heavy atom. The number of aromatic nitrogens is 3. The molecule has 16 heavy (non-hydrogen) atoms. The predicted molar refractivity (Wildman–Crippen MR) is 63.1 cm³/mol. The second-order valence-electron chi connectivity index (χ2n) is 3.65. The molecule has 0 saturated heterocycles. The van der Waals surface area contributed by atoms with E-state index in [0.29, 0.717) is 0 Å². The molecule has 3 rings (SSSR count). The molecular weight excluding hydrogens is 200 g/mol. The summed E-state index contributed by atoms with van der Waals surface area (Å²) in [7, 11) is 0. The topological polar surface area (TPSA) is 56.7 Å². The molecular formula is C12H10N4. The standard InChI is InChI=1S/C12H10N4/c13-16-8-12(14-15-16)11-6-5-9-3-1-2-4-10(9)7-11/h1-8H,13H2. The highest BCUT2D eigenvalue weighted by atomic mass is 15.6. The van der Waals surface area contributed by atoms with Crippen molar-refractivity contribution in [2.24, 2.45) is 0 Å². The Morgan fingerprint density at radius 3 is 2.56 bits per heavy atom. The van der Waals surface area contributed by atoms with Gasteiger partial charge in [0.15, 0.2) is 0 Å². The van der Waals surface area contributed by atoms with Crippen molar-refractivity contribution in [2.45, 2.75) is 0 Å². The smallest absolute Gasteiger partial charge is 0.115 e. The molecule has 0 aliphatic carbocycles. The van der Waals surface area contributed by atoms with Gasteiger partial charge in [0.05, 0.1) is 6.20 Å². The molecule has 0 radical (unpaired) electrons. The summed E-state index contributed by atoms with van der Waals surface area (Å²) >= 11 is 0. The Balaban J connectivity index is 2.18. The van der Waals surface area contributed by atoms with Crippen LogP contribution in [0.15, 0.2) is 48.7 Å². The lowest BCUT2D eigenvalue weighted by Crippen LogP contribution is -2.07. The van der Waals surface area contributed by atoms with Gasteiger partial charge in [-0.3, -0.25) is 0 Å². The lowest BCUT2D eigenvalue weighted by atomic mass is 10.1. The number of benzene rings is 2. The maximum Gasteiger partial charge on any atom is 0.115 e. The Hall–Kier alpha value is -2.36. The van der Waals surface area contributed by atoms with E-state index in [9.17, 15) is 0 Å². The average Bonchev–Trinajstić information content (AvgIpc) is 2.75. The van der Waals surface area contributed by atoms with Gasteiger partial charge in [0.2, 0.25) is 0 Å². The molecule has 3 aromatic rings. The van der Waals surface area contributed by atoms with Crippen LogP contribution in [0, 0.1) is 0 Å². The van der Waals surface area contributed by atoms with Crippen molar-refractivity contribution in [3.63, 3.8) is 0 Å². The lowest BCUT2D eigenvalue weighted by molar-refractivity contribution is 0.766. The highest BCUT2D eigenvalue weighted by Crippen LogP contribution is 2.22. The molecule has 0 atom stereocenters. The summed E-state index contributed by atoms with van der Waals surface area (Å²) in [6.45, 7) is 0. The van der Waals surface area contributed by atoms with Gasteiger partial charge in [-0.25, -0.2) is 0 Å². The van der Waals surface area contributed by atoms with Gasteiger partial charge in [0.1, 0.15) is 5.69 Å². The van der Waals surface area contributed by atoms with E-state index in [1.807, 2.05) is 18.2 Å². The van der Waals surface area contributed by atoms with Gasteiger partial charge >= 0.3 is 0 Å². The number of nitrogens with two attached hydrogens (primary N) is 1. The van der Waals surface area contributed by atoms with E-state index in [1.54, 1.807) is 6.20 Å². The molecule has 2 aromatic carbocycles. The summed E-state index contributed by atoms with van der Waals surface area (Å²) in [6, 6.07) is 14.4. The summed E-state index contributed by atoms with van der Waals surface area (Å²) < 4.78 is 0. The monoisotopic (exact) mass is 210 g/mol. The van der Waals surface area contributed by atoms with Crippen LogP contribution in [0.25, 0.3) is 22.0 Å². The van der Waals surface area contributed by atoms with Crippen LogP contribution in [0.5, 0.6) is 0 Å². The first-order valence-corrected chi connectivity index (χ1v) is 4.99. The van der Waals surface area contributed by atoms with Gasteiger partial charge in [0, 0.05) is 5.56 Å². The number of nitrogens with zero attached hydrogens (tertiary/aromatic N) is 3. The van der Waals surface area contributed by atoms with E-state index in [4.69, 9.17) is 5.84 Å². The fourth-order valence-electron chi connectivity index (χ4n) is 1.76. The Morgan fingerprint density at radius 2 is 1.81 bits per heavy atom. The van der Waals surface area contributed by atoms with Crippen molar-refractivity contribution in [2.75, 3.05) is 5.84 Å². The quantitative estimate of drug-likeness (QED) is 0.623. The molecule has 0 amide bonds. The highest BCUT2D eigenvalue weighted by Gasteiger charge is 2.03. The summed E-state index contributed by atoms with van der Waals surface area (Å²) in [5, 5.41) is 10.1. The molecule has 1 heterocycles. The van der Waals surface area contributed by atoms with Gasteiger partial charge in [0.25, 0.3) is 0 Å². The van der Waals surface area contributed by atoms with Crippen molar-refractivity contribution in [1.29, 1.82) is 0 Å². The molecule has 0 bridgehead atoms. The van der Waals surface area contributed by atoms with E-state index in [0.717, 1.165) is 11.3 Å². The third-order valence-corrected chi connectivity index (χ3v) is 2.56. The van der Waals surface area contributed by atoms with Gasteiger partial charge in [-0.2, -0.15) is 4.79 Å². The number of hydrogen-bond donors (Lipinski definition) is 1. The Bertz CT molecular complexity index is 642. The van der Waals surface area contributed by atoms with E-state index in [2.05, 4.69) is 34.6 Å². The first kappa shape index (κ1) is 8.91. The maximum absolute atomic E-state index is 5.47. The van der Waals surface area contributed by atoms with Gasteiger partial charge < -0.3 is 5.84 Å². The zero-order valence-electron chi connectivity index (χ0n) is 8.54. The van der Waals surface area contributed by atoms with Crippen molar-refractivity contribution >= 4 is 10.8 Å². The summed E-state index contributed by atoms with van der Waals surface area (Å²) in [4.78, 5) is 1.21. The SMILES string of the molecule is Nn1cc(-c2ccc3ccccc3c2)nn1. The van der Waals surface area contributed by atoms with Gasteiger partial charge in [-0.1, -0.05) is 36.4 Å². The third kappa shape index (κ3) is 1.40. The molecule has 1 aromatic heterocycles.